The van der Waals surface area contributed by atoms with Gasteiger partial charge in [0.25, 0.3) is 0 Å². The first-order chi connectivity index (χ1) is 6.65. The minimum atomic E-state index is -0.403. The number of carbonyl (C=O) groups excluding carboxylic acids is 1. The van der Waals surface area contributed by atoms with Crippen LogP contribution in [0, 0.1) is 0 Å². The van der Waals surface area contributed by atoms with Crippen molar-refractivity contribution in [2.45, 2.75) is 13.0 Å². The first kappa shape index (κ1) is 11.4. The predicted molar refractivity (Wildman–Crippen MR) is 53.8 cm³/mol. The van der Waals surface area contributed by atoms with Gasteiger partial charge in [-0.1, -0.05) is 0 Å². The Bertz CT molecular complexity index is 188. The van der Waals surface area contributed by atoms with Crippen molar-refractivity contribution in [2.75, 3.05) is 39.3 Å². The highest BCUT2D eigenvalue weighted by Crippen LogP contribution is 2.02. The quantitative estimate of drug-likeness (QED) is 0.581. The third kappa shape index (κ3) is 2.94. The molecule has 0 aromatic heterocycles. The molecule has 1 heterocycles. The lowest BCUT2D eigenvalue weighted by atomic mass is 10.2. The summed E-state index contributed by atoms with van der Waals surface area (Å²) in [5, 5.41) is 8.74. The molecule has 1 aliphatic heterocycles. The molecule has 0 bridgehead atoms. The van der Waals surface area contributed by atoms with E-state index in [-0.39, 0.29) is 12.5 Å². The third-order valence-electron chi connectivity index (χ3n) is 2.49. The van der Waals surface area contributed by atoms with Gasteiger partial charge < -0.3 is 15.7 Å². The lowest BCUT2D eigenvalue weighted by molar-refractivity contribution is -0.133. The molecule has 1 fully saturated rings. The topological polar surface area (TPSA) is 69.8 Å². The highest BCUT2D eigenvalue weighted by molar-refractivity contribution is 5.81. The Kier molecular flexibility index (Phi) is 4.31. The first-order valence-corrected chi connectivity index (χ1v) is 5.02. The van der Waals surface area contributed by atoms with Gasteiger partial charge in [0, 0.05) is 32.7 Å². The molecule has 0 aliphatic carbocycles. The molecule has 14 heavy (non-hydrogen) atoms. The number of nitrogens with zero attached hydrogens (tertiary/aromatic N) is 2. The van der Waals surface area contributed by atoms with Gasteiger partial charge in [-0.15, -0.1) is 0 Å². The van der Waals surface area contributed by atoms with Crippen LogP contribution in [0.3, 0.4) is 0 Å². The zero-order chi connectivity index (χ0) is 10.6. The average Bonchev–Trinajstić information content (AvgIpc) is 2.18. The van der Waals surface area contributed by atoms with Gasteiger partial charge in [0.05, 0.1) is 12.6 Å². The molecule has 1 saturated heterocycles. The fraction of sp³-hybridized carbons (Fsp3) is 0.889. The number of amides is 1. The van der Waals surface area contributed by atoms with E-state index in [1.165, 1.54) is 0 Å². The fourth-order valence-electron chi connectivity index (χ4n) is 1.62. The molecule has 0 radical (unpaired) electrons. The summed E-state index contributed by atoms with van der Waals surface area (Å²) in [5.41, 5.74) is 5.52. The molecule has 0 unspecified atom stereocenters. The van der Waals surface area contributed by atoms with E-state index in [0.717, 1.165) is 26.2 Å². The second kappa shape index (κ2) is 5.29. The molecule has 1 amide bonds. The van der Waals surface area contributed by atoms with Crippen molar-refractivity contribution in [3.63, 3.8) is 0 Å². The van der Waals surface area contributed by atoms with Gasteiger partial charge in [-0.2, -0.15) is 0 Å². The third-order valence-corrected chi connectivity index (χ3v) is 2.49. The number of aliphatic hydroxyl groups excluding tert-OH is 1. The number of carbonyl (C=O) groups is 1. The number of piperazine rings is 1. The van der Waals surface area contributed by atoms with E-state index >= 15 is 0 Å². The Morgan fingerprint density at radius 2 is 2.00 bits per heavy atom. The van der Waals surface area contributed by atoms with Crippen molar-refractivity contribution < 1.29 is 9.90 Å². The minimum absolute atomic E-state index is 0.0219. The van der Waals surface area contributed by atoms with Crippen LogP contribution in [0.1, 0.15) is 6.92 Å². The van der Waals surface area contributed by atoms with Gasteiger partial charge in [-0.05, 0) is 6.92 Å². The summed E-state index contributed by atoms with van der Waals surface area (Å²) in [6.45, 7) is 5.70. The number of hydrogen-bond donors (Lipinski definition) is 2. The molecule has 0 spiro atoms. The van der Waals surface area contributed by atoms with E-state index in [4.69, 9.17) is 10.8 Å². The molecule has 5 heteroatoms. The molecule has 0 saturated carbocycles. The fourth-order valence-corrected chi connectivity index (χ4v) is 1.62. The molecule has 1 atom stereocenters. The van der Waals surface area contributed by atoms with Crippen LogP contribution in [-0.2, 0) is 4.79 Å². The molecular formula is C9H19N3O2. The van der Waals surface area contributed by atoms with Gasteiger partial charge in [-0.25, -0.2) is 0 Å². The van der Waals surface area contributed by atoms with E-state index in [9.17, 15) is 4.79 Å². The zero-order valence-corrected chi connectivity index (χ0v) is 8.65. The van der Waals surface area contributed by atoms with Crippen LogP contribution in [-0.4, -0.2) is 66.2 Å². The van der Waals surface area contributed by atoms with Gasteiger partial charge >= 0.3 is 0 Å². The van der Waals surface area contributed by atoms with Gasteiger partial charge in [0.1, 0.15) is 0 Å². The van der Waals surface area contributed by atoms with E-state index in [2.05, 4.69) is 4.90 Å². The summed E-state index contributed by atoms with van der Waals surface area (Å²) >= 11 is 0. The summed E-state index contributed by atoms with van der Waals surface area (Å²) in [4.78, 5) is 15.4. The van der Waals surface area contributed by atoms with Crippen molar-refractivity contribution in [3.8, 4) is 0 Å². The molecule has 5 nitrogen and oxygen atoms in total. The monoisotopic (exact) mass is 201 g/mol. The van der Waals surface area contributed by atoms with E-state index in [1.54, 1.807) is 11.8 Å². The molecule has 0 aromatic rings. The highest BCUT2D eigenvalue weighted by atomic mass is 16.3. The van der Waals surface area contributed by atoms with Crippen molar-refractivity contribution in [1.82, 2.24) is 9.80 Å². The maximum absolute atomic E-state index is 11.5. The highest BCUT2D eigenvalue weighted by Gasteiger charge is 2.22. The SMILES string of the molecule is C[C@@H](N)C(=O)N1CCN(CCO)CC1. The minimum Gasteiger partial charge on any atom is -0.395 e. The van der Waals surface area contributed by atoms with E-state index in [1.807, 2.05) is 0 Å². The largest absolute Gasteiger partial charge is 0.395 e. The first-order valence-electron chi connectivity index (χ1n) is 5.02. The Balaban J connectivity index is 2.32. The predicted octanol–water partition coefficient (Wildman–Crippen LogP) is -1.53. The zero-order valence-electron chi connectivity index (χ0n) is 8.65. The Morgan fingerprint density at radius 3 is 2.43 bits per heavy atom. The number of nitrogens with two attached hydrogens (primary N) is 1. The maximum atomic E-state index is 11.5. The molecule has 1 rings (SSSR count). The average molecular weight is 201 g/mol. The standard InChI is InChI=1S/C9H19N3O2/c1-8(10)9(14)12-4-2-11(3-5-12)6-7-13/h8,13H,2-7,10H2,1H3/t8-/m1/s1. The van der Waals surface area contributed by atoms with E-state index < -0.39 is 6.04 Å². The number of aliphatic hydroxyl groups is 1. The van der Waals surface area contributed by atoms with Crippen LogP contribution in [0.15, 0.2) is 0 Å². The number of hydrogen-bond acceptors (Lipinski definition) is 4. The van der Waals surface area contributed by atoms with Crippen LogP contribution in [0.4, 0.5) is 0 Å². The summed E-state index contributed by atoms with van der Waals surface area (Å²) in [5.74, 6) is 0.0219. The number of rotatable bonds is 3. The van der Waals surface area contributed by atoms with E-state index in [0.29, 0.717) is 6.54 Å². The van der Waals surface area contributed by atoms with Gasteiger partial charge in [0.15, 0.2) is 0 Å². The maximum Gasteiger partial charge on any atom is 0.239 e. The van der Waals surface area contributed by atoms with Crippen LogP contribution in [0.25, 0.3) is 0 Å². The van der Waals surface area contributed by atoms with Crippen LogP contribution in [0.2, 0.25) is 0 Å². The molecule has 82 valence electrons. The normalized spacial score (nSPS) is 20.9. The van der Waals surface area contributed by atoms with Crippen molar-refractivity contribution >= 4 is 5.91 Å². The number of β-amino-alcohol motifs (C(OH)–C–C–N with tert-alkyl or cyclic N) is 1. The van der Waals surface area contributed by atoms with Gasteiger partial charge in [0.2, 0.25) is 5.91 Å². The van der Waals surface area contributed by atoms with Crippen LogP contribution < -0.4 is 5.73 Å². The van der Waals surface area contributed by atoms with Gasteiger partial charge in [-0.3, -0.25) is 9.69 Å². The summed E-state index contributed by atoms with van der Waals surface area (Å²) in [7, 11) is 0. The van der Waals surface area contributed by atoms with Crippen molar-refractivity contribution in [1.29, 1.82) is 0 Å². The lowest BCUT2D eigenvalue weighted by Crippen LogP contribution is -2.52. The second-order valence-corrected chi connectivity index (χ2v) is 3.68. The molecule has 0 aromatic carbocycles. The summed E-state index contributed by atoms with van der Waals surface area (Å²) < 4.78 is 0. The van der Waals surface area contributed by atoms with Crippen LogP contribution in [0.5, 0.6) is 0 Å². The molecule has 3 N–H and O–H groups in total. The summed E-state index contributed by atoms with van der Waals surface area (Å²) in [6, 6.07) is -0.403. The second-order valence-electron chi connectivity index (χ2n) is 3.68. The molecular weight excluding hydrogens is 182 g/mol. The van der Waals surface area contributed by atoms with Crippen LogP contribution >= 0.6 is 0 Å². The Morgan fingerprint density at radius 1 is 1.43 bits per heavy atom. The van der Waals surface area contributed by atoms with Crippen molar-refractivity contribution in [2.24, 2.45) is 5.73 Å². The lowest BCUT2D eigenvalue weighted by Gasteiger charge is -2.35. The Hall–Kier alpha value is -0.650. The summed E-state index contributed by atoms with van der Waals surface area (Å²) in [6.07, 6.45) is 0. The Labute approximate surface area is 84.5 Å². The molecule has 1 aliphatic rings. The van der Waals surface area contributed by atoms with Crippen molar-refractivity contribution in [3.05, 3.63) is 0 Å². The smallest absolute Gasteiger partial charge is 0.239 e.